The predicted molar refractivity (Wildman–Crippen MR) is 123 cm³/mol. The average Bonchev–Trinajstić information content (AvgIpc) is 3.14. The van der Waals surface area contributed by atoms with Gasteiger partial charge in [0.15, 0.2) is 16.0 Å². The van der Waals surface area contributed by atoms with Gasteiger partial charge in [-0.3, -0.25) is 9.71 Å². The number of nitrogens with one attached hydrogen (secondary N) is 1. The molecule has 1 aliphatic heterocycles. The molecule has 1 fully saturated rings. The molecule has 32 heavy (non-hydrogen) atoms. The van der Waals surface area contributed by atoms with Gasteiger partial charge >= 0.3 is 0 Å². The van der Waals surface area contributed by atoms with Gasteiger partial charge < -0.3 is 14.2 Å². The summed E-state index contributed by atoms with van der Waals surface area (Å²) in [5.74, 6) is 8.00. The van der Waals surface area contributed by atoms with Crippen LogP contribution in [0.3, 0.4) is 0 Å². The van der Waals surface area contributed by atoms with Crippen molar-refractivity contribution in [2.75, 3.05) is 35.9 Å². The zero-order valence-electron chi connectivity index (χ0n) is 18.5. The van der Waals surface area contributed by atoms with Gasteiger partial charge in [0.2, 0.25) is 0 Å². The number of nitrogens with zero attached hydrogens (tertiary/aromatic N) is 6. The van der Waals surface area contributed by atoms with E-state index in [0.29, 0.717) is 29.5 Å². The highest BCUT2D eigenvalue weighted by Crippen LogP contribution is 2.21. The molecule has 4 rings (SSSR count). The minimum atomic E-state index is -1.50. The van der Waals surface area contributed by atoms with Crippen LogP contribution < -0.4 is 9.62 Å². The Morgan fingerprint density at radius 1 is 1.09 bits per heavy atom. The smallest absolute Gasteiger partial charge is 0.171 e. The Hall–Kier alpha value is -3.29. The third-order valence-corrected chi connectivity index (χ3v) is 6.21. The second kappa shape index (κ2) is 9.46. The van der Waals surface area contributed by atoms with Gasteiger partial charge in [-0.1, -0.05) is 11.8 Å². The minimum absolute atomic E-state index is 0.466. The van der Waals surface area contributed by atoms with E-state index >= 15 is 0 Å². The number of pyridine rings is 1. The fourth-order valence-electron chi connectivity index (χ4n) is 3.23. The van der Waals surface area contributed by atoms with E-state index in [1.165, 1.54) is 0 Å². The second-order valence-corrected chi connectivity index (χ2v) is 8.63. The summed E-state index contributed by atoms with van der Waals surface area (Å²) in [4.78, 5) is 19.7. The summed E-state index contributed by atoms with van der Waals surface area (Å²) in [6.07, 6.45) is 5.01. The van der Waals surface area contributed by atoms with E-state index in [2.05, 4.69) is 41.4 Å². The molecule has 10 heteroatoms. The molecule has 0 amide bonds. The molecular formula is C22H25N7O2S. The van der Waals surface area contributed by atoms with Crippen LogP contribution in [0.5, 0.6) is 0 Å². The standard InChI is InChI=1S/C22H25N7O2S/c1-15-19(22(25-14-24-15)29-7-9-31-10-8-29)6-5-18-11-20(16(2)23-12-18)27-32(30)21-13-28(4)17(3)26-21/h11-14,27H,7-10H2,1-4H3. The van der Waals surface area contributed by atoms with Gasteiger partial charge in [0.1, 0.15) is 18.0 Å². The van der Waals surface area contributed by atoms with Gasteiger partial charge in [0.05, 0.1) is 35.9 Å². The highest BCUT2D eigenvalue weighted by Gasteiger charge is 2.17. The molecular weight excluding hydrogens is 426 g/mol. The maximum atomic E-state index is 12.7. The van der Waals surface area contributed by atoms with Crippen molar-refractivity contribution < 1.29 is 8.95 Å². The molecule has 4 heterocycles. The molecule has 1 N–H and O–H groups in total. The van der Waals surface area contributed by atoms with Crippen molar-refractivity contribution in [3.63, 3.8) is 0 Å². The zero-order chi connectivity index (χ0) is 22.7. The van der Waals surface area contributed by atoms with E-state index in [-0.39, 0.29) is 0 Å². The van der Waals surface area contributed by atoms with Crippen LogP contribution in [0.25, 0.3) is 0 Å². The summed E-state index contributed by atoms with van der Waals surface area (Å²) < 4.78 is 23.0. The zero-order valence-corrected chi connectivity index (χ0v) is 19.4. The SMILES string of the molecule is Cc1ncc(C#Cc2c(C)ncnc2N2CCOCC2)cc1NS(=O)c1cn(C)c(C)n1. The summed E-state index contributed by atoms with van der Waals surface area (Å²) in [5, 5.41) is 0.466. The fraction of sp³-hybridized carbons (Fsp3) is 0.364. The number of aryl methyl sites for hydroxylation is 4. The van der Waals surface area contributed by atoms with Crippen molar-refractivity contribution >= 4 is 22.5 Å². The number of hydrogen-bond donors (Lipinski definition) is 1. The van der Waals surface area contributed by atoms with Crippen molar-refractivity contribution in [3.05, 3.63) is 53.1 Å². The summed E-state index contributed by atoms with van der Waals surface area (Å²) in [7, 11) is 0.366. The summed E-state index contributed by atoms with van der Waals surface area (Å²) in [6.45, 7) is 8.51. The molecule has 1 saturated heterocycles. The first-order chi connectivity index (χ1) is 15.4. The Kier molecular flexibility index (Phi) is 6.48. The summed E-state index contributed by atoms with van der Waals surface area (Å²) >= 11 is 0. The molecule has 1 aliphatic rings. The summed E-state index contributed by atoms with van der Waals surface area (Å²) in [6, 6.07) is 1.84. The van der Waals surface area contributed by atoms with Gasteiger partial charge in [-0.05, 0) is 26.8 Å². The maximum Gasteiger partial charge on any atom is 0.171 e. The predicted octanol–water partition coefficient (Wildman–Crippen LogP) is 1.90. The third-order valence-electron chi connectivity index (χ3n) is 5.23. The minimum Gasteiger partial charge on any atom is -0.378 e. The number of rotatable bonds is 4. The van der Waals surface area contributed by atoms with Crippen LogP contribution in [-0.4, -0.2) is 55.0 Å². The van der Waals surface area contributed by atoms with Crippen LogP contribution in [0, 0.1) is 32.6 Å². The van der Waals surface area contributed by atoms with E-state index in [1.54, 1.807) is 18.7 Å². The number of hydrogen-bond acceptors (Lipinski definition) is 7. The molecule has 3 aromatic heterocycles. The molecule has 9 nitrogen and oxygen atoms in total. The summed E-state index contributed by atoms with van der Waals surface area (Å²) in [5.41, 5.74) is 3.68. The van der Waals surface area contributed by atoms with Crippen molar-refractivity contribution in [2.24, 2.45) is 7.05 Å². The van der Waals surface area contributed by atoms with E-state index < -0.39 is 11.0 Å². The first-order valence-corrected chi connectivity index (χ1v) is 11.4. The van der Waals surface area contributed by atoms with Gasteiger partial charge in [-0.25, -0.2) is 19.2 Å². The van der Waals surface area contributed by atoms with Gasteiger partial charge in [0, 0.05) is 38.1 Å². The van der Waals surface area contributed by atoms with E-state index in [4.69, 9.17) is 4.74 Å². The molecule has 1 unspecified atom stereocenters. The highest BCUT2D eigenvalue weighted by atomic mass is 32.2. The Labute approximate surface area is 189 Å². The quantitative estimate of drug-likeness (QED) is 0.605. The fourth-order valence-corrected chi connectivity index (χ4v) is 4.21. The van der Waals surface area contributed by atoms with Crippen LogP contribution in [0.15, 0.2) is 29.8 Å². The van der Waals surface area contributed by atoms with Crippen LogP contribution in [0.2, 0.25) is 0 Å². The monoisotopic (exact) mass is 451 g/mol. The lowest BCUT2D eigenvalue weighted by molar-refractivity contribution is 0.122. The molecule has 0 saturated carbocycles. The molecule has 3 aromatic rings. The highest BCUT2D eigenvalue weighted by molar-refractivity contribution is 7.86. The van der Waals surface area contributed by atoms with E-state index in [0.717, 1.165) is 41.7 Å². The Balaban J connectivity index is 1.60. The second-order valence-electron chi connectivity index (χ2n) is 7.47. The van der Waals surface area contributed by atoms with Crippen LogP contribution in [0.4, 0.5) is 11.5 Å². The Morgan fingerprint density at radius 3 is 2.59 bits per heavy atom. The van der Waals surface area contributed by atoms with Crippen LogP contribution in [-0.2, 0) is 22.8 Å². The van der Waals surface area contributed by atoms with Crippen molar-refractivity contribution in [1.29, 1.82) is 0 Å². The van der Waals surface area contributed by atoms with E-state index in [9.17, 15) is 4.21 Å². The molecule has 1 atom stereocenters. The van der Waals surface area contributed by atoms with Crippen LogP contribution >= 0.6 is 0 Å². The van der Waals surface area contributed by atoms with Gasteiger partial charge in [-0.15, -0.1) is 0 Å². The molecule has 0 radical (unpaired) electrons. The molecule has 0 bridgehead atoms. The average molecular weight is 452 g/mol. The third kappa shape index (κ3) is 4.79. The molecule has 0 aromatic carbocycles. The number of anilines is 2. The molecule has 166 valence electrons. The number of aromatic nitrogens is 5. The normalized spacial score (nSPS) is 14.6. The van der Waals surface area contributed by atoms with Gasteiger partial charge in [0.25, 0.3) is 0 Å². The lowest BCUT2D eigenvalue weighted by Gasteiger charge is -2.28. The largest absolute Gasteiger partial charge is 0.378 e. The van der Waals surface area contributed by atoms with Gasteiger partial charge in [-0.2, -0.15) is 0 Å². The van der Waals surface area contributed by atoms with Crippen molar-refractivity contribution in [2.45, 2.75) is 25.8 Å². The molecule has 0 spiro atoms. The number of imidazole rings is 1. The van der Waals surface area contributed by atoms with Crippen molar-refractivity contribution in [3.8, 4) is 11.8 Å². The van der Waals surface area contributed by atoms with Crippen LogP contribution in [0.1, 0.15) is 28.3 Å². The van der Waals surface area contributed by atoms with Crippen molar-refractivity contribution in [1.82, 2.24) is 24.5 Å². The maximum absolute atomic E-state index is 12.7. The van der Waals surface area contributed by atoms with E-state index in [1.807, 2.05) is 38.5 Å². The number of morpholine rings is 1. The lowest BCUT2D eigenvalue weighted by Crippen LogP contribution is -2.37. The Bertz CT molecular complexity index is 1200. The topological polar surface area (TPSA) is 98.1 Å². The first-order valence-electron chi connectivity index (χ1n) is 10.2. The first kappa shape index (κ1) is 21.9. The lowest BCUT2D eigenvalue weighted by atomic mass is 10.1. The number of ether oxygens (including phenoxy) is 1. The molecule has 0 aliphatic carbocycles. The Morgan fingerprint density at radius 2 is 1.88 bits per heavy atom.